The second-order valence-corrected chi connectivity index (χ2v) is 4.54. The van der Waals surface area contributed by atoms with Crippen molar-refractivity contribution in [2.24, 2.45) is 0 Å². The molecule has 1 aromatic heterocycles. The molecule has 0 spiro atoms. The first kappa shape index (κ1) is 12.4. The Morgan fingerprint density at radius 3 is 2.56 bits per heavy atom. The van der Waals surface area contributed by atoms with Crippen LogP contribution in [0.25, 0.3) is 0 Å². The zero-order chi connectivity index (χ0) is 13.1. The lowest BCUT2D eigenvalue weighted by molar-refractivity contribution is 0.832. The summed E-state index contributed by atoms with van der Waals surface area (Å²) in [6.45, 7) is 10.7. The summed E-state index contributed by atoms with van der Waals surface area (Å²) >= 11 is 0. The van der Waals surface area contributed by atoms with Gasteiger partial charge in [0.05, 0.1) is 5.69 Å². The lowest BCUT2D eigenvalue weighted by Crippen LogP contribution is -2.04. The van der Waals surface area contributed by atoms with E-state index in [1.54, 1.807) is 0 Å². The molecular weight excluding hydrogens is 222 g/mol. The summed E-state index contributed by atoms with van der Waals surface area (Å²) in [6, 6.07) is 6.27. The van der Waals surface area contributed by atoms with Crippen LogP contribution in [0.1, 0.15) is 16.8 Å². The number of benzene rings is 1. The largest absolute Gasteiger partial charge is 0.325 e. The van der Waals surface area contributed by atoms with E-state index in [0.29, 0.717) is 0 Å². The fraction of sp³-hybridized carbons (Fsp3) is 0.267. The molecule has 1 N–H and O–H groups in total. The van der Waals surface area contributed by atoms with Gasteiger partial charge in [0.15, 0.2) is 0 Å². The number of para-hydroxylation sites is 1. The quantitative estimate of drug-likeness (QED) is 0.826. The normalized spacial score (nSPS) is 10.4. The highest BCUT2D eigenvalue weighted by molar-refractivity contribution is 5.63. The topological polar surface area (TPSA) is 29.9 Å². The van der Waals surface area contributed by atoms with E-state index in [2.05, 4.69) is 53.5 Å². The lowest BCUT2D eigenvalue weighted by atomic mass is 10.1. The van der Waals surface area contributed by atoms with Crippen molar-refractivity contribution < 1.29 is 0 Å². The fourth-order valence-corrected chi connectivity index (χ4v) is 2.05. The highest BCUT2D eigenvalue weighted by Crippen LogP contribution is 2.23. The molecule has 2 aromatic rings. The van der Waals surface area contributed by atoms with Crippen LogP contribution in [0.5, 0.6) is 0 Å². The molecule has 1 aromatic carbocycles. The molecule has 2 rings (SSSR count). The van der Waals surface area contributed by atoms with Gasteiger partial charge in [-0.15, -0.1) is 6.58 Å². The van der Waals surface area contributed by atoms with E-state index in [4.69, 9.17) is 0 Å². The molecule has 0 amide bonds. The number of imidazole rings is 1. The van der Waals surface area contributed by atoms with Crippen molar-refractivity contribution >= 4 is 11.6 Å². The van der Waals surface area contributed by atoms with Crippen molar-refractivity contribution in [1.29, 1.82) is 0 Å². The molecular formula is C15H19N3. The van der Waals surface area contributed by atoms with Crippen molar-refractivity contribution in [1.82, 2.24) is 9.55 Å². The van der Waals surface area contributed by atoms with E-state index < -0.39 is 0 Å². The third-order valence-corrected chi connectivity index (χ3v) is 2.94. The molecule has 0 aliphatic rings. The van der Waals surface area contributed by atoms with Gasteiger partial charge in [0.25, 0.3) is 0 Å². The first-order valence-corrected chi connectivity index (χ1v) is 6.09. The minimum absolute atomic E-state index is 0.758. The first-order valence-electron chi connectivity index (χ1n) is 6.09. The smallest absolute Gasteiger partial charge is 0.207 e. The number of aryl methyl sites for hydroxylation is 3. The molecule has 0 bridgehead atoms. The summed E-state index contributed by atoms with van der Waals surface area (Å²) in [4.78, 5) is 4.51. The SMILES string of the molecule is C=CCn1cc(C)nc1Nc1c(C)cccc1C. The van der Waals surface area contributed by atoms with E-state index in [9.17, 15) is 0 Å². The van der Waals surface area contributed by atoms with Crippen LogP contribution in [0.15, 0.2) is 37.1 Å². The Hall–Kier alpha value is -2.03. The van der Waals surface area contributed by atoms with Gasteiger partial charge >= 0.3 is 0 Å². The molecule has 0 fully saturated rings. The maximum Gasteiger partial charge on any atom is 0.207 e. The predicted octanol–water partition coefficient (Wildman–Crippen LogP) is 3.74. The molecule has 3 heteroatoms. The van der Waals surface area contributed by atoms with Crippen LogP contribution < -0.4 is 5.32 Å². The summed E-state index contributed by atoms with van der Waals surface area (Å²) in [5, 5.41) is 3.42. The van der Waals surface area contributed by atoms with Gasteiger partial charge in [0.1, 0.15) is 0 Å². The number of allylic oxidation sites excluding steroid dienone is 1. The maximum atomic E-state index is 4.51. The van der Waals surface area contributed by atoms with Gasteiger partial charge in [-0.05, 0) is 31.9 Å². The Balaban J connectivity index is 2.36. The molecule has 0 unspecified atom stereocenters. The van der Waals surface area contributed by atoms with Crippen LogP contribution in [0.3, 0.4) is 0 Å². The Bertz CT molecular complexity index is 547. The van der Waals surface area contributed by atoms with Gasteiger partial charge in [-0.3, -0.25) is 0 Å². The Morgan fingerprint density at radius 1 is 1.28 bits per heavy atom. The van der Waals surface area contributed by atoms with E-state index in [-0.39, 0.29) is 0 Å². The minimum atomic E-state index is 0.758. The fourth-order valence-electron chi connectivity index (χ4n) is 2.05. The zero-order valence-corrected chi connectivity index (χ0v) is 11.2. The molecule has 0 aliphatic carbocycles. The molecule has 0 aliphatic heterocycles. The van der Waals surface area contributed by atoms with E-state index in [1.165, 1.54) is 11.1 Å². The molecule has 0 saturated heterocycles. The number of hydrogen-bond donors (Lipinski definition) is 1. The molecule has 0 saturated carbocycles. The van der Waals surface area contributed by atoms with Crippen LogP contribution in [0, 0.1) is 20.8 Å². The average Bonchev–Trinajstić information content (AvgIpc) is 2.65. The van der Waals surface area contributed by atoms with Gasteiger partial charge in [0.2, 0.25) is 5.95 Å². The van der Waals surface area contributed by atoms with Gasteiger partial charge in [0, 0.05) is 18.4 Å². The van der Waals surface area contributed by atoms with Crippen LogP contribution in [-0.2, 0) is 6.54 Å². The molecule has 0 radical (unpaired) electrons. The van der Waals surface area contributed by atoms with Gasteiger partial charge in [-0.1, -0.05) is 24.3 Å². The minimum Gasteiger partial charge on any atom is -0.325 e. The predicted molar refractivity (Wildman–Crippen MR) is 76.4 cm³/mol. The number of hydrogen-bond acceptors (Lipinski definition) is 2. The Kier molecular flexibility index (Phi) is 3.51. The summed E-state index contributed by atoms with van der Waals surface area (Å²) in [6.07, 6.45) is 3.90. The summed E-state index contributed by atoms with van der Waals surface area (Å²) in [7, 11) is 0. The molecule has 94 valence electrons. The van der Waals surface area contributed by atoms with E-state index in [1.807, 2.05) is 19.2 Å². The number of anilines is 2. The second kappa shape index (κ2) is 5.08. The average molecular weight is 241 g/mol. The Morgan fingerprint density at radius 2 is 1.94 bits per heavy atom. The van der Waals surface area contributed by atoms with Crippen LogP contribution in [0.2, 0.25) is 0 Å². The van der Waals surface area contributed by atoms with Crippen molar-refractivity contribution in [2.45, 2.75) is 27.3 Å². The number of aromatic nitrogens is 2. The number of nitrogens with one attached hydrogen (secondary N) is 1. The van der Waals surface area contributed by atoms with Crippen molar-refractivity contribution in [2.75, 3.05) is 5.32 Å². The zero-order valence-electron chi connectivity index (χ0n) is 11.2. The van der Waals surface area contributed by atoms with Gasteiger partial charge in [-0.2, -0.15) is 0 Å². The molecule has 18 heavy (non-hydrogen) atoms. The maximum absolute atomic E-state index is 4.51. The highest BCUT2D eigenvalue weighted by atomic mass is 15.2. The van der Waals surface area contributed by atoms with Gasteiger partial charge < -0.3 is 9.88 Å². The van der Waals surface area contributed by atoms with Crippen LogP contribution >= 0.6 is 0 Å². The highest BCUT2D eigenvalue weighted by Gasteiger charge is 2.08. The second-order valence-electron chi connectivity index (χ2n) is 4.54. The molecule has 0 atom stereocenters. The van der Waals surface area contributed by atoms with E-state index in [0.717, 1.165) is 23.9 Å². The summed E-state index contributed by atoms with van der Waals surface area (Å²) in [5.74, 6) is 0.866. The molecule has 1 heterocycles. The first-order chi connectivity index (χ1) is 8.61. The molecule has 3 nitrogen and oxygen atoms in total. The summed E-state index contributed by atoms with van der Waals surface area (Å²) < 4.78 is 2.06. The lowest BCUT2D eigenvalue weighted by Gasteiger charge is -2.12. The number of rotatable bonds is 4. The van der Waals surface area contributed by atoms with Crippen LogP contribution in [-0.4, -0.2) is 9.55 Å². The third kappa shape index (κ3) is 2.45. The van der Waals surface area contributed by atoms with Crippen molar-refractivity contribution in [3.63, 3.8) is 0 Å². The van der Waals surface area contributed by atoms with Crippen molar-refractivity contribution in [3.8, 4) is 0 Å². The standard InChI is InChI=1S/C15H19N3/c1-5-9-18-10-13(4)16-15(18)17-14-11(2)7-6-8-12(14)3/h5-8,10H,1,9H2,2-4H3,(H,16,17). The summed E-state index contributed by atoms with van der Waals surface area (Å²) in [5.41, 5.74) is 4.58. The van der Waals surface area contributed by atoms with E-state index >= 15 is 0 Å². The van der Waals surface area contributed by atoms with Crippen LogP contribution in [0.4, 0.5) is 11.6 Å². The number of nitrogens with zero attached hydrogens (tertiary/aromatic N) is 2. The third-order valence-electron chi connectivity index (χ3n) is 2.94. The van der Waals surface area contributed by atoms with Crippen molar-refractivity contribution in [3.05, 3.63) is 53.9 Å². The Labute approximate surface area is 108 Å². The van der Waals surface area contributed by atoms with Gasteiger partial charge in [-0.25, -0.2) is 4.98 Å². The monoisotopic (exact) mass is 241 g/mol.